The van der Waals surface area contributed by atoms with E-state index in [2.05, 4.69) is 40.7 Å². The third-order valence-electron chi connectivity index (χ3n) is 5.27. The summed E-state index contributed by atoms with van der Waals surface area (Å²) in [5.74, 6) is -0.359. The smallest absolute Gasteiger partial charge is 0.338 e. The van der Waals surface area contributed by atoms with Crippen LogP contribution in [0.2, 0.25) is 0 Å². The van der Waals surface area contributed by atoms with E-state index in [0.29, 0.717) is 30.9 Å². The van der Waals surface area contributed by atoms with E-state index in [-0.39, 0.29) is 12.0 Å². The van der Waals surface area contributed by atoms with Crippen LogP contribution in [0.5, 0.6) is 0 Å². The zero-order valence-corrected chi connectivity index (χ0v) is 17.9. The molecule has 1 aliphatic rings. The number of nitrogens with zero attached hydrogens (tertiary/aromatic N) is 2. The number of hydrogen-bond donors (Lipinski definition) is 2. The second-order valence-corrected chi connectivity index (χ2v) is 7.39. The number of hydrogen-bond acceptors (Lipinski definition) is 5. The van der Waals surface area contributed by atoms with Gasteiger partial charge in [0.1, 0.15) is 0 Å². The maximum Gasteiger partial charge on any atom is 0.338 e. The summed E-state index contributed by atoms with van der Waals surface area (Å²) in [6.45, 7) is 8.13. The number of aryl methyl sites for hydroxylation is 1. The highest BCUT2D eigenvalue weighted by atomic mass is 16.5. The molecule has 0 saturated carbocycles. The highest BCUT2D eigenvalue weighted by Crippen LogP contribution is 2.18. The first kappa shape index (κ1) is 21.6. The number of rotatable bonds is 6. The second kappa shape index (κ2) is 10.1. The lowest BCUT2D eigenvalue weighted by Gasteiger charge is -2.34. The summed E-state index contributed by atoms with van der Waals surface area (Å²) in [6, 6.07) is 13.1. The summed E-state index contributed by atoms with van der Waals surface area (Å²) in [5.41, 5.74) is 4.81. The number of amides is 2. The predicted molar refractivity (Wildman–Crippen MR) is 119 cm³/mol. The predicted octanol–water partition coefficient (Wildman–Crippen LogP) is 3.56. The fourth-order valence-corrected chi connectivity index (χ4v) is 3.58. The molecule has 3 rings (SSSR count). The molecule has 2 amide bonds. The number of benzene rings is 2. The van der Waals surface area contributed by atoms with Crippen LogP contribution in [0.3, 0.4) is 0 Å². The van der Waals surface area contributed by atoms with Gasteiger partial charge in [-0.2, -0.15) is 0 Å². The SMILES string of the molecule is CCOC(=O)c1ccc(NC(=O)N2CCN(Cc3ccc(NC)c(C)c3)CC2)cc1. The Morgan fingerprint density at radius 2 is 1.73 bits per heavy atom. The molecule has 7 nitrogen and oxygen atoms in total. The Bertz CT molecular complexity index is 875. The summed E-state index contributed by atoms with van der Waals surface area (Å²) in [6.07, 6.45) is 0. The lowest BCUT2D eigenvalue weighted by atomic mass is 10.1. The van der Waals surface area contributed by atoms with Gasteiger partial charge >= 0.3 is 12.0 Å². The lowest BCUT2D eigenvalue weighted by molar-refractivity contribution is 0.0526. The summed E-state index contributed by atoms with van der Waals surface area (Å²) < 4.78 is 4.97. The average Bonchev–Trinajstić information content (AvgIpc) is 2.75. The number of nitrogens with one attached hydrogen (secondary N) is 2. The number of piperazine rings is 1. The van der Waals surface area contributed by atoms with E-state index in [9.17, 15) is 9.59 Å². The van der Waals surface area contributed by atoms with E-state index in [0.717, 1.165) is 25.3 Å². The topological polar surface area (TPSA) is 73.9 Å². The van der Waals surface area contributed by atoms with Crippen LogP contribution in [-0.2, 0) is 11.3 Å². The molecule has 1 fully saturated rings. The molecule has 1 heterocycles. The van der Waals surface area contributed by atoms with Crippen LogP contribution in [-0.4, -0.2) is 61.6 Å². The standard InChI is InChI=1S/C23H30N4O3/c1-4-30-22(28)19-6-8-20(9-7-19)25-23(29)27-13-11-26(12-14-27)16-18-5-10-21(24-3)17(2)15-18/h5-10,15,24H,4,11-14,16H2,1-3H3,(H,25,29). The van der Waals surface area contributed by atoms with Crippen LogP contribution in [0, 0.1) is 6.92 Å². The van der Waals surface area contributed by atoms with Crippen molar-refractivity contribution in [3.8, 4) is 0 Å². The van der Waals surface area contributed by atoms with E-state index in [1.54, 1.807) is 31.2 Å². The average molecular weight is 411 g/mol. The molecule has 1 aliphatic heterocycles. The number of esters is 1. The maximum absolute atomic E-state index is 12.6. The zero-order chi connectivity index (χ0) is 21.5. The largest absolute Gasteiger partial charge is 0.462 e. The molecule has 0 atom stereocenters. The Hall–Kier alpha value is -3.06. The fraction of sp³-hybridized carbons (Fsp3) is 0.391. The van der Waals surface area contributed by atoms with Gasteiger partial charge in [-0.25, -0.2) is 9.59 Å². The van der Waals surface area contributed by atoms with Crippen LogP contribution < -0.4 is 10.6 Å². The minimum atomic E-state index is -0.359. The van der Waals surface area contributed by atoms with Gasteiger partial charge in [-0.15, -0.1) is 0 Å². The van der Waals surface area contributed by atoms with Crippen LogP contribution >= 0.6 is 0 Å². The Morgan fingerprint density at radius 1 is 1.03 bits per heavy atom. The van der Waals surface area contributed by atoms with Crippen molar-refractivity contribution in [2.24, 2.45) is 0 Å². The Kier molecular flexibility index (Phi) is 7.30. The molecule has 0 spiro atoms. The van der Waals surface area contributed by atoms with Crippen LogP contribution in [0.4, 0.5) is 16.2 Å². The third-order valence-corrected chi connectivity index (χ3v) is 5.27. The van der Waals surface area contributed by atoms with E-state index in [1.807, 2.05) is 11.9 Å². The van der Waals surface area contributed by atoms with Crippen molar-refractivity contribution < 1.29 is 14.3 Å². The first-order valence-corrected chi connectivity index (χ1v) is 10.3. The number of urea groups is 1. The molecule has 0 bridgehead atoms. The van der Waals surface area contributed by atoms with Crippen molar-refractivity contribution in [2.75, 3.05) is 50.5 Å². The van der Waals surface area contributed by atoms with Crippen molar-refractivity contribution >= 4 is 23.4 Å². The fourth-order valence-electron chi connectivity index (χ4n) is 3.58. The van der Waals surface area contributed by atoms with Crippen molar-refractivity contribution in [1.82, 2.24) is 9.80 Å². The Balaban J connectivity index is 1.48. The van der Waals surface area contributed by atoms with Crippen molar-refractivity contribution in [1.29, 1.82) is 0 Å². The molecule has 2 aromatic rings. The number of carbonyl (C=O) groups is 2. The summed E-state index contributed by atoms with van der Waals surface area (Å²) in [5, 5.41) is 6.09. The van der Waals surface area contributed by atoms with Gasteiger partial charge in [0, 0.05) is 51.1 Å². The second-order valence-electron chi connectivity index (χ2n) is 7.39. The number of carbonyl (C=O) groups excluding carboxylic acids is 2. The van der Waals surface area contributed by atoms with Crippen LogP contribution in [0.1, 0.15) is 28.4 Å². The molecule has 1 saturated heterocycles. The van der Waals surface area contributed by atoms with Gasteiger partial charge in [0.25, 0.3) is 0 Å². The molecule has 0 aromatic heterocycles. The molecule has 2 aromatic carbocycles. The quantitative estimate of drug-likeness (QED) is 0.713. The van der Waals surface area contributed by atoms with Gasteiger partial charge in [-0.1, -0.05) is 12.1 Å². The molecular weight excluding hydrogens is 380 g/mol. The van der Waals surface area contributed by atoms with Crippen LogP contribution in [0.15, 0.2) is 42.5 Å². The first-order valence-electron chi connectivity index (χ1n) is 10.3. The van der Waals surface area contributed by atoms with E-state index in [4.69, 9.17) is 4.74 Å². The van der Waals surface area contributed by atoms with Crippen molar-refractivity contribution in [2.45, 2.75) is 20.4 Å². The first-order chi connectivity index (χ1) is 14.5. The lowest BCUT2D eigenvalue weighted by Crippen LogP contribution is -2.49. The number of anilines is 2. The molecule has 0 unspecified atom stereocenters. The summed E-state index contributed by atoms with van der Waals surface area (Å²) >= 11 is 0. The maximum atomic E-state index is 12.6. The molecular formula is C23H30N4O3. The zero-order valence-electron chi connectivity index (χ0n) is 17.9. The molecule has 0 radical (unpaired) electrons. The normalized spacial score (nSPS) is 14.3. The van der Waals surface area contributed by atoms with Gasteiger partial charge < -0.3 is 20.3 Å². The molecule has 2 N–H and O–H groups in total. The minimum absolute atomic E-state index is 0.118. The summed E-state index contributed by atoms with van der Waals surface area (Å²) in [7, 11) is 1.93. The van der Waals surface area contributed by atoms with Gasteiger partial charge in [0.15, 0.2) is 0 Å². The summed E-state index contributed by atoms with van der Waals surface area (Å²) in [4.78, 5) is 28.5. The molecule has 0 aliphatic carbocycles. The third kappa shape index (κ3) is 5.51. The minimum Gasteiger partial charge on any atom is -0.462 e. The van der Waals surface area contributed by atoms with Gasteiger partial charge in [-0.3, -0.25) is 4.90 Å². The number of ether oxygens (including phenoxy) is 1. The van der Waals surface area contributed by atoms with Gasteiger partial charge in [-0.05, 0) is 55.3 Å². The van der Waals surface area contributed by atoms with Crippen molar-refractivity contribution in [3.63, 3.8) is 0 Å². The van der Waals surface area contributed by atoms with Gasteiger partial charge in [0.05, 0.1) is 12.2 Å². The molecule has 30 heavy (non-hydrogen) atoms. The van der Waals surface area contributed by atoms with E-state index < -0.39 is 0 Å². The Labute approximate surface area is 178 Å². The molecule has 7 heteroatoms. The van der Waals surface area contributed by atoms with E-state index in [1.165, 1.54) is 11.1 Å². The molecule has 160 valence electrons. The van der Waals surface area contributed by atoms with E-state index >= 15 is 0 Å². The van der Waals surface area contributed by atoms with Gasteiger partial charge in [0.2, 0.25) is 0 Å². The van der Waals surface area contributed by atoms with Crippen LogP contribution in [0.25, 0.3) is 0 Å². The monoisotopic (exact) mass is 410 g/mol. The van der Waals surface area contributed by atoms with Crippen molar-refractivity contribution in [3.05, 3.63) is 59.2 Å². The highest BCUT2D eigenvalue weighted by Gasteiger charge is 2.21. The highest BCUT2D eigenvalue weighted by molar-refractivity contribution is 5.92. The Morgan fingerprint density at radius 3 is 2.33 bits per heavy atom.